The van der Waals surface area contributed by atoms with Crippen LogP contribution in [0.4, 0.5) is 0 Å². The van der Waals surface area contributed by atoms with Crippen LogP contribution in [0, 0.1) is 23.3 Å². The van der Waals surface area contributed by atoms with Gasteiger partial charge in [0.2, 0.25) is 0 Å². The summed E-state index contributed by atoms with van der Waals surface area (Å²) in [6.07, 6.45) is 0.155. The van der Waals surface area contributed by atoms with E-state index in [2.05, 4.69) is 42.9 Å². The Kier molecular flexibility index (Phi) is 4.74. The van der Waals surface area contributed by atoms with Crippen LogP contribution in [0.5, 0.6) is 0 Å². The first kappa shape index (κ1) is 11.3. The van der Waals surface area contributed by atoms with E-state index in [1.165, 1.54) is 0 Å². The lowest BCUT2D eigenvalue weighted by atomic mass is 10.3. The van der Waals surface area contributed by atoms with E-state index < -0.39 is 14.2 Å². The molecule has 0 radical (unpaired) electrons. The molecule has 0 saturated heterocycles. The zero-order valence-corrected chi connectivity index (χ0v) is 9.23. The fourth-order valence-corrected chi connectivity index (χ4v) is 0.878. The van der Waals surface area contributed by atoms with E-state index in [0.29, 0.717) is 6.42 Å². The van der Waals surface area contributed by atoms with Crippen LogP contribution in [0.2, 0.25) is 19.6 Å². The van der Waals surface area contributed by atoms with Crippen molar-refractivity contribution in [3.63, 3.8) is 0 Å². The predicted molar refractivity (Wildman–Crippen MR) is 55.2 cm³/mol. The lowest BCUT2D eigenvalue weighted by Crippen LogP contribution is -2.16. The highest BCUT2D eigenvalue weighted by molar-refractivity contribution is 6.83. The van der Waals surface area contributed by atoms with E-state index in [4.69, 9.17) is 5.11 Å². The normalized spacial score (nSPS) is 12.1. The standard InChI is InChI=1S/C10H16OSi/c1-5-10(11)8-6-7-9-12(2,3)4/h10-11H,5H2,1-4H3. The molecule has 0 heterocycles. The van der Waals surface area contributed by atoms with Crippen molar-refractivity contribution in [1.82, 2.24) is 0 Å². The molecule has 0 rings (SSSR count). The molecule has 1 unspecified atom stereocenters. The third kappa shape index (κ3) is 7.40. The Bertz CT molecular complexity index is 241. The van der Waals surface area contributed by atoms with E-state index in [1.807, 2.05) is 6.92 Å². The number of aliphatic hydroxyl groups excluding tert-OH is 1. The minimum absolute atomic E-state index is 0.513. The van der Waals surface area contributed by atoms with Crippen molar-refractivity contribution in [2.75, 3.05) is 0 Å². The highest BCUT2D eigenvalue weighted by Crippen LogP contribution is 1.95. The summed E-state index contributed by atoms with van der Waals surface area (Å²) in [6.45, 7) is 8.39. The summed E-state index contributed by atoms with van der Waals surface area (Å²) >= 11 is 0. The van der Waals surface area contributed by atoms with Crippen molar-refractivity contribution in [3.8, 4) is 23.3 Å². The molecule has 1 nitrogen and oxygen atoms in total. The fraction of sp³-hybridized carbons (Fsp3) is 0.600. The lowest BCUT2D eigenvalue weighted by Gasteiger charge is -2.01. The molecule has 0 bridgehead atoms. The van der Waals surface area contributed by atoms with Crippen LogP contribution in [0.3, 0.4) is 0 Å². The minimum atomic E-state index is -1.28. The van der Waals surface area contributed by atoms with Gasteiger partial charge in [0, 0.05) is 0 Å². The smallest absolute Gasteiger partial charge is 0.130 e. The molecule has 0 aliphatic rings. The average molecular weight is 180 g/mol. The molecule has 0 spiro atoms. The van der Waals surface area contributed by atoms with E-state index in [1.54, 1.807) is 0 Å². The topological polar surface area (TPSA) is 20.2 Å². The van der Waals surface area contributed by atoms with Gasteiger partial charge in [-0.2, -0.15) is 0 Å². The van der Waals surface area contributed by atoms with E-state index in [0.717, 1.165) is 0 Å². The van der Waals surface area contributed by atoms with Gasteiger partial charge < -0.3 is 5.11 Å². The first-order valence-electron chi connectivity index (χ1n) is 4.16. The molecule has 1 atom stereocenters. The molecule has 1 N–H and O–H groups in total. The number of hydrogen-bond donors (Lipinski definition) is 1. The maximum atomic E-state index is 9.06. The van der Waals surface area contributed by atoms with Gasteiger partial charge in [-0.05, 0) is 18.3 Å². The fourth-order valence-electron chi connectivity index (χ4n) is 0.440. The van der Waals surface area contributed by atoms with Gasteiger partial charge in [-0.1, -0.05) is 32.5 Å². The van der Waals surface area contributed by atoms with Gasteiger partial charge in [0.05, 0.1) is 0 Å². The summed E-state index contributed by atoms with van der Waals surface area (Å²) in [4.78, 5) is 0. The Morgan fingerprint density at radius 2 is 1.83 bits per heavy atom. The number of rotatable bonds is 1. The summed E-state index contributed by atoms with van der Waals surface area (Å²) in [6, 6.07) is 0. The lowest BCUT2D eigenvalue weighted by molar-refractivity contribution is 0.228. The van der Waals surface area contributed by atoms with Crippen molar-refractivity contribution in [1.29, 1.82) is 0 Å². The Labute approximate surface area is 76.2 Å². The summed E-state index contributed by atoms with van der Waals surface area (Å²) in [7, 11) is -1.28. The number of hydrogen-bond acceptors (Lipinski definition) is 1. The van der Waals surface area contributed by atoms with E-state index in [-0.39, 0.29) is 0 Å². The quantitative estimate of drug-likeness (QED) is 0.480. The molecular formula is C10H16OSi. The van der Waals surface area contributed by atoms with Crippen molar-refractivity contribution < 1.29 is 5.11 Å². The Morgan fingerprint density at radius 3 is 2.25 bits per heavy atom. The summed E-state index contributed by atoms with van der Waals surface area (Å²) in [5.41, 5.74) is 3.11. The van der Waals surface area contributed by atoms with E-state index >= 15 is 0 Å². The molecule has 0 amide bonds. The van der Waals surface area contributed by atoms with Gasteiger partial charge in [-0.3, -0.25) is 0 Å². The maximum absolute atomic E-state index is 9.06. The van der Waals surface area contributed by atoms with Crippen molar-refractivity contribution in [2.24, 2.45) is 0 Å². The largest absolute Gasteiger partial charge is 0.380 e. The Morgan fingerprint density at radius 1 is 1.25 bits per heavy atom. The molecule has 0 aromatic carbocycles. The zero-order chi connectivity index (χ0) is 9.61. The molecule has 0 aliphatic heterocycles. The van der Waals surface area contributed by atoms with Crippen molar-refractivity contribution >= 4 is 8.07 Å². The summed E-state index contributed by atoms with van der Waals surface area (Å²) in [5.74, 6) is 8.11. The van der Waals surface area contributed by atoms with Crippen LogP contribution in [-0.2, 0) is 0 Å². The molecule has 0 aromatic heterocycles. The molecule has 0 fully saturated rings. The molecule has 2 heteroatoms. The third-order valence-electron chi connectivity index (χ3n) is 1.13. The van der Waals surface area contributed by atoms with Crippen LogP contribution < -0.4 is 0 Å². The highest BCUT2D eigenvalue weighted by atomic mass is 28.3. The minimum Gasteiger partial charge on any atom is -0.380 e. The second-order valence-electron chi connectivity index (χ2n) is 3.69. The van der Waals surface area contributed by atoms with Gasteiger partial charge in [0.25, 0.3) is 0 Å². The van der Waals surface area contributed by atoms with E-state index in [9.17, 15) is 0 Å². The predicted octanol–water partition coefficient (Wildman–Crippen LogP) is 1.64. The SMILES string of the molecule is CCC(O)C#CC#C[Si](C)(C)C. The average Bonchev–Trinajstić information content (AvgIpc) is 1.96. The zero-order valence-electron chi connectivity index (χ0n) is 8.23. The monoisotopic (exact) mass is 180 g/mol. The van der Waals surface area contributed by atoms with Crippen LogP contribution in [0.15, 0.2) is 0 Å². The second-order valence-corrected chi connectivity index (χ2v) is 8.44. The van der Waals surface area contributed by atoms with Crippen molar-refractivity contribution in [3.05, 3.63) is 0 Å². The van der Waals surface area contributed by atoms with Crippen LogP contribution >= 0.6 is 0 Å². The third-order valence-corrected chi connectivity index (χ3v) is 2.00. The highest BCUT2D eigenvalue weighted by Gasteiger charge is 2.06. The first-order valence-corrected chi connectivity index (χ1v) is 7.66. The Hall–Kier alpha value is -0.703. The summed E-state index contributed by atoms with van der Waals surface area (Å²) in [5, 5.41) is 9.06. The van der Waals surface area contributed by atoms with Gasteiger partial charge >= 0.3 is 0 Å². The maximum Gasteiger partial charge on any atom is 0.130 e. The van der Waals surface area contributed by atoms with Gasteiger partial charge in [0.15, 0.2) is 0 Å². The van der Waals surface area contributed by atoms with Crippen LogP contribution in [0.1, 0.15) is 13.3 Å². The van der Waals surface area contributed by atoms with Crippen LogP contribution in [-0.4, -0.2) is 19.3 Å². The molecule has 66 valence electrons. The van der Waals surface area contributed by atoms with Crippen molar-refractivity contribution in [2.45, 2.75) is 39.1 Å². The van der Waals surface area contributed by atoms with Gasteiger partial charge in [0.1, 0.15) is 14.2 Å². The molecular weight excluding hydrogens is 164 g/mol. The first-order chi connectivity index (χ1) is 5.45. The molecule has 0 saturated carbocycles. The second kappa shape index (κ2) is 5.03. The Balaban J connectivity index is 4.07. The summed E-state index contributed by atoms with van der Waals surface area (Å²) < 4.78 is 0. The molecule has 0 aromatic rings. The van der Waals surface area contributed by atoms with Gasteiger partial charge in [-0.15, -0.1) is 5.54 Å². The van der Waals surface area contributed by atoms with Crippen LogP contribution in [0.25, 0.3) is 0 Å². The molecule has 12 heavy (non-hydrogen) atoms. The number of aliphatic hydroxyl groups is 1. The molecule has 0 aliphatic carbocycles. The van der Waals surface area contributed by atoms with Gasteiger partial charge in [-0.25, -0.2) is 0 Å².